The summed E-state index contributed by atoms with van der Waals surface area (Å²) in [7, 11) is 0. The maximum atomic E-state index is 3.96. The maximum absolute atomic E-state index is 3.96. The summed E-state index contributed by atoms with van der Waals surface area (Å²) in [5.41, 5.74) is 4.24. The van der Waals surface area contributed by atoms with E-state index < -0.39 is 0 Å². The zero-order valence-electron chi connectivity index (χ0n) is 15.5. The molecule has 0 atom stereocenters. The Hall–Kier alpha value is -1.67. The van der Waals surface area contributed by atoms with Crippen LogP contribution in [0.4, 0.5) is 0 Å². The van der Waals surface area contributed by atoms with Crippen LogP contribution in [0.1, 0.15) is 50.3 Å². The van der Waals surface area contributed by atoms with Gasteiger partial charge >= 0.3 is 0 Å². The largest absolute Gasteiger partial charge is 0.299 e. The van der Waals surface area contributed by atoms with Crippen molar-refractivity contribution >= 4 is 0 Å². The van der Waals surface area contributed by atoms with Crippen LogP contribution in [0.15, 0.2) is 48.8 Å². The van der Waals surface area contributed by atoms with Gasteiger partial charge in [0.15, 0.2) is 0 Å². The first-order valence-corrected chi connectivity index (χ1v) is 9.36. The Morgan fingerprint density at radius 2 is 1.62 bits per heavy atom. The molecule has 0 bridgehead atoms. The number of hydrogen-bond donors (Lipinski definition) is 0. The van der Waals surface area contributed by atoms with E-state index in [2.05, 4.69) is 61.0 Å². The van der Waals surface area contributed by atoms with Gasteiger partial charge < -0.3 is 0 Å². The van der Waals surface area contributed by atoms with E-state index in [1.165, 1.54) is 49.0 Å². The molecule has 1 aliphatic rings. The van der Waals surface area contributed by atoms with Crippen molar-refractivity contribution in [1.29, 1.82) is 0 Å². The minimum absolute atomic E-state index is 0.754. The number of aromatic nitrogens is 1. The molecule has 2 heteroatoms. The second kappa shape index (κ2) is 10.2. The molecule has 1 aromatic carbocycles. The van der Waals surface area contributed by atoms with Crippen LogP contribution in [0.3, 0.4) is 0 Å². The minimum atomic E-state index is 0.754. The normalized spacial score (nSPS) is 14.5. The van der Waals surface area contributed by atoms with Crippen molar-refractivity contribution in [2.24, 2.45) is 5.92 Å². The van der Waals surface area contributed by atoms with E-state index in [0.29, 0.717) is 0 Å². The SMILES string of the molecule is CC(C)Cc1ccc(CN2CCCC2)cc1.CCc1cccnc1. The predicted molar refractivity (Wildman–Crippen MR) is 103 cm³/mol. The van der Waals surface area contributed by atoms with Gasteiger partial charge in [-0.15, -0.1) is 0 Å². The van der Waals surface area contributed by atoms with Crippen molar-refractivity contribution < 1.29 is 0 Å². The summed E-state index contributed by atoms with van der Waals surface area (Å²) in [6.45, 7) is 10.4. The van der Waals surface area contributed by atoms with Gasteiger partial charge in [0.05, 0.1) is 0 Å². The van der Waals surface area contributed by atoms with Gasteiger partial charge in [0.1, 0.15) is 0 Å². The Balaban J connectivity index is 0.000000219. The molecule has 0 N–H and O–H groups in total. The molecule has 1 aliphatic heterocycles. The van der Waals surface area contributed by atoms with Crippen LogP contribution in [0.5, 0.6) is 0 Å². The van der Waals surface area contributed by atoms with Crippen molar-refractivity contribution in [3.8, 4) is 0 Å². The molecule has 1 aromatic heterocycles. The fourth-order valence-corrected chi connectivity index (χ4v) is 3.06. The monoisotopic (exact) mass is 324 g/mol. The summed E-state index contributed by atoms with van der Waals surface area (Å²) in [6, 6.07) is 13.2. The van der Waals surface area contributed by atoms with E-state index in [0.717, 1.165) is 18.9 Å². The molecule has 3 rings (SSSR count). The number of rotatable bonds is 5. The third-order valence-electron chi connectivity index (χ3n) is 4.40. The topological polar surface area (TPSA) is 16.1 Å². The highest BCUT2D eigenvalue weighted by Crippen LogP contribution is 2.14. The van der Waals surface area contributed by atoms with Crippen LogP contribution in [-0.4, -0.2) is 23.0 Å². The number of aryl methyl sites for hydroxylation is 1. The smallest absolute Gasteiger partial charge is 0.0299 e. The summed E-state index contributed by atoms with van der Waals surface area (Å²) >= 11 is 0. The molecule has 0 aliphatic carbocycles. The molecular formula is C22H32N2. The quantitative estimate of drug-likeness (QED) is 0.758. The van der Waals surface area contributed by atoms with Gasteiger partial charge in [0.25, 0.3) is 0 Å². The Labute approximate surface area is 147 Å². The van der Waals surface area contributed by atoms with Gasteiger partial charge in [-0.1, -0.05) is 51.1 Å². The van der Waals surface area contributed by atoms with Crippen LogP contribution in [0.2, 0.25) is 0 Å². The summed E-state index contributed by atoms with van der Waals surface area (Å²) in [4.78, 5) is 6.51. The fraction of sp³-hybridized carbons (Fsp3) is 0.500. The zero-order chi connectivity index (χ0) is 17.2. The highest BCUT2D eigenvalue weighted by Gasteiger charge is 2.11. The third-order valence-corrected chi connectivity index (χ3v) is 4.40. The molecule has 1 fully saturated rings. The first-order chi connectivity index (χ1) is 11.7. The average molecular weight is 325 g/mol. The maximum Gasteiger partial charge on any atom is 0.0299 e. The highest BCUT2D eigenvalue weighted by molar-refractivity contribution is 5.22. The second-order valence-electron chi connectivity index (χ2n) is 7.11. The lowest BCUT2D eigenvalue weighted by Crippen LogP contribution is -2.18. The van der Waals surface area contributed by atoms with Crippen molar-refractivity contribution in [3.63, 3.8) is 0 Å². The van der Waals surface area contributed by atoms with Gasteiger partial charge in [-0.25, -0.2) is 0 Å². The minimum Gasteiger partial charge on any atom is -0.299 e. The first kappa shape index (κ1) is 18.7. The van der Waals surface area contributed by atoms with Crippen molar-refractivity contribution in [1.82, 2.24) is 9.88 Å². The lowest BCUT2D eigenvalue weighted by molar-refractivity contribution is 0.331. The van der Waals surface area contributed by atoms with E-state index in [1.807, 2.05) is 12.3 Å². The lowest BCUT2D eigenvalue weighted by atomic mass is 10.0. The van der Waals surface area contributed by atoms with E-state index >= 15 is 0 Å². The fourth-order valence-electron chi connectivity index (χ4n) is 3.06. The number of nitrogens with zero attached hydrogens (tertiary/aromatic N) is 2. The molecule has 130 valence electrons. The van der Waals surface area contributed by atoms with Crippen LogP contribution in [0.25, 0.3) is 0 Å². The molecule has 0 radical (unpaired) electrons. The van der Waals surface area contributed by atoms with Crippen LogP contribution in [0, 0.1) is 5.92 Å². The number of likely N-dealkylation sites (tertiary alicyclic amines) is 1. The molecule has 0 unspecified atom stereocenters. The molecule has 0 saturated carbocycles. The molecule has 2 aromatic rings. The van der Waals surface area contributed by atoms with E-state index in [1.54, 1.807) is 6.20 Å². The Morgan fingerprint density at radius 1 is 0.958 bits per heavy atom. The summed E-state index contributed by atoms with van der Waals surface area (Å²) < 4.78 is 0. The van der Waals surface area contributed by atoms with Gasteiger partial charge in [-0.05, 0) is 67.4 Å². The zero-order valence-corrected chi connectivity index (χ0v) is 15.5. The summed E-state index contributed by atoms with van der Waals surface area (Å²) in [5, 5.41) is 0. The Morgan fingerprint density at radius 3 is 2.12 bits per heavy atom. The molecule has 2 nitrogen and oxygen atoms in total. The molecular weight excluding hydrogens is 292 g/mol. The van der Waals surface area contributed by atoms with Crippen LogP contribution < -0.4 is 0 Å². The lowest BCUT2D eigenvalue weighted by Gasteiger charge is -2.14. The van der Waals surface area contributed by atoms with E-state index in [4.69, 9.17) is 0 Å². The van der Waals surface area contributed by atoms with Crippen molar-refractivity contribution in [2.45, 2.75) is 53.0 Å². The van der Waals surface area contributed by atoms with Crippen LogP contribution >= 0.6 is 0 Å². The van der Waals surface area contributed by atoms with E-state index in [-0.39, 0.29) is 0 Å². The second-order valence-corrected chi connectivity index (χ2v) is 7.11. The summed E-state index contributed by atoms with van der Waals surface area (Å²) in [6.07, 6.45) is 8.72. The summed E-state index contributed by atoms with van der Waals surface area (Å²) in [5.74, 6) is 0.754. The van der Waals surface area contributed by atoms with Gasteiger partial charge in [0, 0.05) is 18.9 Å². The van der Waals surface area contributed by atoms with Crippen molar-refractivity contribution in [3.05, 3.63) is 65.5 Å². The van der Waals surface area contributed by atoms with E-state index in [9.17, 15) is 0 Å². The number of benzene rings is 1. The number of hydrogen-bond acceptors (Lipinski definition) is 2. The van der Waals surface area contributed by atoms with Crippen molar-refractivity contribution in [2.75, 3.05) is 13.1 Å². The molecule has 1 saturated heterocycles. The van der Waals surface area contributed by atoms with Gasteiger partial charge in [0.2, 0.25) is 0 Å². The first-order valence-electron chi connectivity index (χ1n) is 9.36. The third kappa shape index (κ3) is 6.84. The molecule has 0 amide bonds. The number of pyridine rings is 1. The molecule has 0 spiro atoms. The standard InChI is InChI=1S/C15H23N.C7H9N/c1-13(2)11-14-5-7-15(8-6-14)12-16-9-3-4-10-16;1-2-7-4-3-5-8-6-7/h5-8,13H,3-4,9-12H2,1-2H3;3-6H,2H2,1H3. The van der Waals surface area contributed by atoms with Crippen LogP contribution in [-0.2, 0) is 19.4 Å². The van der Waals surface area contributed by atoms with Gasteiger partial charge in [-0.3, -0.25) is 9.88 Å². The Bertz CT molecular complexity index is 554. The Kier molecular flexibility index (Phi) is 7.97. The molecule has 24 heavy (non-hydrogen) atoms. The predicted octanol–water partition coefficient (Wildman–Crippen LogP) is 5.12. The molecule has 2 heterocycles. The highest BCUT2D eigenvalue weighted by atomic mass is 15.1. The van der Waals surface area contributed by atoms with Gasteiger partial charge in [-0.2, -0.15) is 0 Å². The average Bonchev–Trinajstić information content (AvgIpc) is 3.10.